The number of hydrogen-bond acceptors (Lipinski definition) is 6. The third-order valence-corrected chi connectivity index (χ3v) is 6.05. The normalized spacial score (nSPS) is 14.5. The molecule has 0 radical (unpaired) electrons. The number of fused-ring (bicyclic) bond motifs is 1. The summed E-state index contributed by atoms with van der Waals surface area (Å²) < 4.78 is 21.8. The Balaban J connectivity index is 1.79. The van der Waals surface area contributed by atoms with Crippen LogP contribution in [-0.2, 0) is 10.2 Å². The smallest absolute Gasteiger partial charge is 0.412 e. The monoisotopic (exact) mass is 509 g/mol. The fourth-order valence-corrected chi connectivity index (χ4v) is 4.14. The molecule has 2 aromatic carbocycles. The molecular weight excluding hydrogens is 481 g/mol. The minimum absolute atomic E-state index is 0.0290. The van der Waals surface area contributed by atoms with Gasteiger partial charge in [0.15, 0.2) is 0 Å². The molecule has 0 aliphatic carbocycles. The van der Waals surface area contributed by atoms with E-state index in [0.717, 1.165) is 11.6 Å². The first kappa shape index (κ1) is 25.8. The van der Waals surface area contributed by atoms with Crippen LogP contribution in [0.15, 0.2) is 36.5 Å². The van der Waals surface area contributed by atoms with Gasteiger partial charge in [-0.25, -0.2) is 9.18 Å². The maximum Gasteiger partial charge on any atom is 0.412 e. The fraction of sp³-hybridized carbons (Fsp3) is 0.346. The molecule has 11 heteroatoms. The van der Waals surface area contributed by atoms with Gasteiger partial charge in [-0.05, 0) is 68.0 Å². The van der Waals surface area contributed by atoms with Crippen LogP contribution in [0.5, 0.6) is 0 Å². The molecular formula is C26H28FN5O5. The number of halogens is 1. The Morgan fingerprint density at radius 3 is 2.57 bits per heavy atom. The lowest BCUT2D eigenvalue weighted by Crippen LogP contribution is -2.43. The Morgan fingerprint density at radius 2 is 1.92 bits per heavy atom. The number of rotatable bonds is 4. The van der Waals surface area contributed by atoms with Crippen molar-refractivity contribution < 1.29 is 23.6 Å². The van der Waals surface area contributed by atoms with E-state index < -0.39 is 39.6 Å². The first-order valence-electron chi connectivity index (χ1n) is 11.6. The number of ether oxygens (including phenoxy) is 1. The van der Waals surface area contributed by atoms with E-state index in [2.05, 4.69) is 15.7 Å². The molecule has 194 valence electrons. The van der Waals surface area contributed by atoms with Gasteiger partial charge in [0.1, 0.15) is 17.0 Å². The lowest BCUT2D eigenvalue weighted by molar-refractivity contribution is -0.389. The maximum absolute atomic E-state index is 15.2. The van der Waals surface area contributed by atoms with Gasteiger partial charge < -0.3 is 20.2 Å². The Bertz CT molecular complexity index is 1440. The third-order valence-electron chi connectivity index (χ3n) is 6.05. The Labute approximate surface area is 213 Å². The number of anilines is 1. The van der Waals surface area contributed by atoms with E-state index in [1.54, 1.807) is 45.9 Å². The van der Waals surface area contributed by atoms with Crippen LogP contribution >= 0.6 is 0 Å². The highest BCUT2D eigenvalue weighted by atomic mass is 19.1. The standard InChI is InChI=1S/C26H28FN5O5/c1-14-7-8-15(9-21(14)29-24(34)37-25(2,3)4)31-12-18(22(30-31)32(35)36)16-10-19-17(11-20(16)27)23(33)28-13-26(19,5)6/h7-12H,13H2,1-6H3,(H,28,33)(H,29,34). The molecule has 0 spiro atoms. The summed E-state index contributed by atoms with van der Waals surface area (Å²) in [5.41, 5.74) is 1.10. The second-order valence-corrected chi connectivity index (χ2v) is 10.6. The molecule has 0 unspecified atom stereocenters. The summed E-state index contributed by atoms with van der Waals surface area (Å²) in [6, 6.07) is 7.58. The average molecular weight is 510 g/mol. The lowest BCUT2D eigenvalue weighted by atomic mass is 9.77. The van der Waals surface area contributed by atoms with E-state index >= 15 is 4.39 Å². The Morgan fingerprint density at radius 1 is 1.22 bits per heavy atom. The second-order valence-electron chi connectivity index (χ2n) is 10.6. The molecule has 10 nitrogen and oxygen atoms in total. The maximum atomic E-state index is 15.2. The number of nitrogens with one attached hydrogen (secondary N) is 2. The van der Waals surface area contributed by atoms with Crippen LogP contribution in [0.2, 0.25) is 0 Å². The van der Waals surface area contributed by atoms with Crippen molar-refractivity contribution >= 4 is 23.5 Å². The van der Waals surface area contributed by atoms with E-state index in [9.17, 15) is 19.7 Å². The van der Waals surface area contributed by atoms with Crippen LogP contribution < -0.4 is 10.6 Å². The summed E-state index contributed by atoms with van der Waals surface area (Å²) in [4.78, 5) is 35.8. The Kier molecular flexibility index (Phi) is 6.27. The van der Waals surface area contributed by atoms with Crippen molar-refractivity contribution in [2.24, 2.45) is 0 Å². The van der Waals surface area contributed by atoms with Crippen molar-refractivity contribution in [1.82, 2.24) is 15.1 Å². The average Bonchev–Trinajstić information content (AvgIpc) is 3.22. The number of amides is 2. The van der Waals surface area contributed by atoms with E-state index in [4.69, 9.17) is 4.74 Å². The molecule has 1 aliphatic rings. The van der Waals surface area contributed by atoms with Gasteiger partial charge in [-0.1, -0.05) is 19.9 Å². The molecule has 2 heterocycles. The number of aryl methyl sites for hydroxylation is 1. The molecule has 2 amide bonds. The van der Waals surface area contributed by atoms with Gasteiger partial charge in [-0.3, -0.25) is 10.1 Å². The summed E-state index contributed by atoms with van der Waals surface area (Å²) >= 11 is 0. The highest BCUT2D eigenvalue weighted by Gasteiger charge is 2.34. The van der Waals surface area contributed by atoms with Crippen LogP contribution in [0.3, 0.4) is 0 Å². The van der Waals surface area contributed by atoms with Gasteiger partial charge >= 0.3 is 11.9 Å². The second kappa shape index (κ2) is 8.99. The van der Waals surface area contributed by atoms with Gasteiger partial charge in [0.05, 0.1) is 17.0 Å². The van der Waals surface area contributed by atoms with Crippen molar-refractivity contribution in [1.29, 1.82) is 0 Å². The number of nitrogens with zero attached hydrogens (tertiary/aromatic N) is 3. The van der Waals surface area contributed by atoms with E-state index in [0.29, 0.717) is 23.5 Å². The number of hydrogen-bond donors (Lipinski definition) is 2. The quantitative estimate of drug-likeness (QED) is 0.365. The predicted molar refractivity (Wildman–Crippen MR) is 136 cm³/mol. The zero-order chi connectivity index (χ0) is 27.3. The zero-order valence-electron chi connectivity index (χ0n) is 21.4. The van der Waals surface area contributed by atoms with Crippen LogP contribution in [0, 0.1) is 22.9 Å². The van der Waals surface area contributed by atoms with E-state index in [-0.39, 0.29) is 16.7 Å². The summed E-state index contributed by atoms with van der Waals surface area (Å²) in [6.45, 7) is 11.2. The topological polar surface area (TPSA) is 128 Å². The fourth-order valence-electron chi connectivity index (χ4n) is 4.14. The molecule has 0 bridgehead atoms. The van der Waals surface area contributed by atoms with Crippen molar-refractivity contribution in [2.45, 2.75) is 52.6 Å². The molecule has 1 aromatic heterocycles. The highest BCUT2D eigenvalue weighted by molar-refractivity contribution is 5.98. The Hall–Kier alpha value is -4.28. The first-order chi connectivity index (χ1) is 17.2. The van der Waals surface area contributed by atoms with Crippen molar-refractivity contribution in [3.63, 3.8) is 0 Å². The van der Waals surface area contributed by atoms with Gasteiger partial charge in [-0.15, -0.1) is 4.68 Å². The van der Waals surface area contributed by atoms with Gasteiger partial charge in [0.25, 0.3) is 5.91 Å². The summed E-state index contributed by atoms with van der Waals surface area (Å²) in [6.07, 6.45) is 0.712. The predicted octanol–water partition coefficient (Wildman–Crippen LogP) is 5.26. The van der Waals surface area contributed by atoms with Gasteiger partial charge in [0.2, 0.25) is 0 Å². The minimum Gasteiger partial charge on any atom is -0.444 e. The molecule has 0 saturated carbocycles. The summed E-state index contributed by atoms with van der Waals surface area (Å²) in [5.74, 6) is -1.71. The number of benzene rings is 2. The minimum atomic E-state index is -0.773. The van der Waals surface area contributed by atoms with Gasteiger partial charge in [-0.2, -0.15) is 0 Å². The van der Waals surface area contributed by atoms with Crippen LogP contribution in [0.25, 0.3) is 16.8 Å². The molecule has 2 N–H and O–H groups in total. The van der Waals surface area contributed by atoms with Crippen molar-refractivity contribution in [3.8, 4) is 16.8 Å². The largest absolute Gasteiger partial charge is 0.444 e. The van der Waals surface area contributed by atoms with Crippen LogP contribution in [-0.4, -0.2) is 38.9 Å². The first-order valence-corrected chi connectivity index (χ1v) is 11.6. The summed E-state index contributed by atoms with van der Waals surface area (Å²) in [5, 5.41) is 21.4. The van der Waals surface area contributed by atoms with Crippen molar-refractivity contribution in [2.75, 3.05) is 11.9 Å². The summed E-state index contributed by atoms with van der Waals surface area (Å²) in [7, 11) is 0. The SMILES string of the molecule is Cc1ccc(-n2cc(-c3cc4c(cc3F)C(=O)NCC4(C)C)c([N+](=O)[O-])n2)cc1NC(=O)OC(C)(C)C. The number of carbonyl (C=O) groups is 2. The zero-order valence-corrected chi connectivity index (χ0v) is 21.4. The van der Waals surface area contributed by atoms with Crippen molar-refractivity contribution in [3.05, 3.63) is 69.2 Å². The lowest BCUT2D eigenvalue weighted by Gasteiger charge is -2.32. The molecule has 0 atom stereocenters. The van der Waals surface area contributed by atoms with E-state index in [1.807, 2.05) is 13.8 Å². The molecule has 1 aliphatic heterocycles. The molecule has 3 aromatic rings. The molecule has 0 fully saturated rings. The van der Waals surface area contributed by atoms with Crippen LogP contribution in [0.4, 0.5) is 20.7 Å². The number of nitro groups is 1. The van der Waals surface area contributed by atoms with E-state index in [1.165, 1.54) is 16.9 Å². The third kappa shape index (κ3) is 5.16. The highest BCUT2D eigenvalue weighted by Crippen LogP contribution is 2.38. The number of aromatic nitrogens is 2. The van der Waals surface area contributed by atoms with Gasteiger partial charge in [0, 0.05) is 28.8 Å². The molecule has 37 heavy (non-hydrogen) atoms. The molecule has 4 rings (SSSR count). The molecule has 0 saturated heterocycles. The van der Waals surface area contributed by atoms with Crippen LogP contribution in [0.1, 0.15) is 56.1 Å². The number of carbonyl (C=O) groups excluding carboxylic acids is 2.